The number of methoxy groups -OCH3 is 1. The molecule has 0 saturated carbocycles. The van der Waals surface area contributed by atoms with E-state index in [-0.39, 0.29) is 0 Å². The van der Waals surface area contributed by atoms with E-state index < -0.39 is 0 Å². The van der Waals surface area contributed by atoms with Crippen molar-refractivity contribution in [1.29, 1.82) is 0 Å². The van der Waals surface area contributed by atoms with Crippen LogP contribution in [0.3, 0.4) is 0 Å². The van der Waals surface area contributed by atoms with Crippen LogP contribution in [0.25, 0.3) is 0 Å². The molecule has 0 rings (SSSR count). The summed E-state index contributed by atoms with van der Waals surface area (Å²) in [5.41, 5.74) is 0. The lowest BCUT2D eigenvalue weighted by Crippen LogP contribution is -2.31. The van der Waals surface area contributed by atoms with E-state index in [1.807, 2.05) is 7.05 Å². The second kappa shape index (κ2) is 7.56. The maximum absolute atomic E-state index is 5.02. The smallest absolute Gasteiger partial charge is 0.0462 e. The van der Waals surface area contributed by atoms with Crippen LogP contribution in [-0.2, 0) is 4.74 Å². The van der Waals surface area contributed by atoms with Crippen molar-refractivity contribution in [2.75, 3.05) is 20.8 Å². The molecular formula is C10H23NO. The molecular weight excluding hydrogens is 150 g/mol. The van der Waals surface area contributed by atoms with Gasteiger partial charge >= 0.3 is 0 Å². The van der Waals surface area contributed by atoms with Gasteiger partial charge in [0.2, 0.25) is 0 Å². The highest BCUT2D eigenvalue weighted by molar-refractivity contribution is 4.70. The van der Waals surface area contributed by atoms with Crippen molar-refractivity contribution < 1.29 is 4.74 Å². The molecule has 1 N–H and O–H groups in total. The number of hydrogen-bond acceptors (Lipinski definition) is 2. The van der Waals surface area contributed by atoms with Gasteiger partial charge in [-0.05, 0) is 25.8 Å². The van der Waals surface area contributed by atoms with Gasteiger partial charge in [-0.25, -0.2) is 0 Å². The maximum Gasteiger partial charge on any atom is 0.0462 e. The van der Waals surface area contributed by atoms with E-state index in [1.54, 1.807) is 7.11 Å². The third kappa shape index (κ3) is 4.73. The number of nitrogens with one attached hydrogen (secondary N) is 1. The zero-order chi connectivity index (χ0) is 9.40. The second-order valence-electron chi connectivity index (χ2n) is 3.42. The normalized spacial score (nSPS) is 16.0. The fourth-order valence-corrected chi connectivity index (χ4v) is 1.45. The summed E-state index contributed by atoms with van der Waals surface area (Å²) >= 11 is 0. The number of ether oxygens (including phenoxy) is 1. The zero-order valence-corrected chi connectivity index (χ0v) is 8.89. The molecule has 0 radical (unpaired) electrons. The Bertz CT molecular complexity index is 95.8. The first-order valence-corrected chi connectivity index (χ1v) is 4.92. The molecule has 0 aliphatic carbocycles. The van der Waals surface area contributed by atoms with Gasteiger partial charge in [0, 0.05) is 19.8 Å². The number of rotatable bonds is 7. The molecule has 0 aliphatic heterocycles. The van der Waals surface area contributed by atoms with Crippen LogP contribution >= 0.6 is 0 Å². The molecule has 0 saturated heterocycles. The molecule has 2 atom stereocenters. The van der Waals surface area contributed by atoms with Crippen LogP contribution in [-0.4, -0.2) is 26.8 Å². The van der Waals surface area contributed by atoms with E-state index in [1.165, 1.54) is 12.8 Å². The topological polar surface area (TPSA) is 21.3 Å². The fraction of sp³-hybridized carbons (Fsp3) is 1.00. The van der Waals surface area contributed by atoms with E-state index in [9.17, 15) is 0 Å². The lowest BCUT2D eigenvalue weighted by Gasteiger charge is -2.22. The highest BCUT2D eigenvalue weighted by Crippen LogP contribution is 2.12. The first-order valence-electron chi connectivity index (χ1n) is 4.92. The third-order valence-electron chi connectivity index (χ3n) is 2.57. The van der Waals surface area contributed by atoms with Crippen LogP contribution in [0, 0.1) is 5.92 Å². The fourth-order valence-electron chi connectivity index (χ4n) is 1.45. The second-order valence-corrected chi connectivity index (χ2v) is 3.42. The van der Waals surface area contributed by atoms with Gasteiger partial charge in [-0.2, -0.15) is 0 Å². The Kier molecular flexibility index (Phi) is 7.51. The summed E-state index contributed by atoms with van der Waals surface area (Å²) in [6.07, 6.45) is 3.63. The average Bonchev–Trinajstić information content (AvgIpc) is 2.11. The minimum Gasteiger partial charge on any atom is -0.385 e. The van der Waals surface area contributed by atoms with E-state index in [0.717, 1.165) is 18.9 Å². The number of hydrogen-bond donors (Lipinski definition) is 1. The molecule has 2 heteroatoms. The van der Waals surface area contributed by atoms with Gasteiger partial charge < -0.3 is 10.1 Å². The molecule has 0 aliphatic rings. The SMILES string of the molecule is CCC(C)[C@@H](CCCOC)NC. The van der Waals surface area contributed by atoms with Gasteiger partial charge in [0.1, 0.15) is 0 Å². The summed E-state index contributed by atoms with van der Waals surface area (Å²) in [7, 11) is 3.81. The predicted molar refractivity (Wildman–Crippen MR) is 53.4 cm³/mol. The van der Waals surface area contributed by atoms with Crippen LogP contribution in [0.4, 0.5) is 0 Å². The lowest BCUT2D eigenvalue weighted by atomic mass is 9.95. The van der Waals surface area contributed by atoms with Gasteiger partial charge in [0.25, 0.3) is 0 Å². The van der Waals surface area contributed by atoms with E-state index >= 15 is 0 Å². The van der Waals surface area contributed by atoms with E-state index in [4.69, 9.17) is 4.74 Å². The molecule has 1 unspecified atom stereocenters. The predicted octanol–water partition coefficient (Wildman–Crippen LogP) is 2.05. The summed E-state index contributed by atoms with van der Waals surface area (Å²) in [6.45, 7) is 5.42. The summed E-state index contributed by atoms with van der Waals surface area (Å²) in [5, 5.41) is 3.36. The molecule has 12 heavy (non-hydrogen) atoms. The summed E-state index contributed by atoms with van der Waals surface area (Å²) in [6, 6.07) is 0.658. The van der Waals surface area contributed by atoms with Crippen LogP contribution in [0.5, 0.6) is 0 Å². The Morgan fingerprint density at radius 3 is 2.50 bits per heavy atom. The molecule has 0 heterocycles. The van der Waals surface area contributed by atoms with Gasteiger partial charge in [0.15, 0.2) is 0 Å². The van der Waals surface area contributed by atoms with E-state index in [0.29, 0.717) is 6.04 Å². The minimum absolute atomic E-state index is 0.658. The van der Waals surface area contributed by atoms with Gasteiger partial charge in [-0.15, -0.1) is 0 Å². The molecule has 0 spiro atoms. The Morgan fingerprint density at radius 2 is 2.08 bits per heavy atom. The third-order valence-corrected chi connectivity index (χ3v) is 2.57. The summed E-state index contributed by atoms with van der Waals surface area (Å²) in [5.74, 6) is 0.770. The Morgan fingerprint density at radius 1 is 1.42 bits per heavy atom. The highest BCUT2D eigenvalue weighted by atomic mass is 16.5. The molecule has 0 bridgehead atoms. The van der Waals surface area contributed by atoms with Crippen molar-refractivity contribution in [1.82, 2.24) is 5.32 Å². The quantitative estimate of drug-likeness (QED) is 0.595. The van der Waals surface area contributed by atoms with Crippen molar-refractivity contribution in [3.63, 3.8) is 0 Å². The zero-order valence-electron chi connectivity index (χ0n) is 8.89. The van der Waals surface area contributed by atoms with Crippen molar-refractivity contribution in [2.24, 2.45) is 5.92 Å². The molecule has 0 aromatic carbocycles. The van der Waals surface area contributed by atoms with Crippen LogP contribution < -0.4 is 5.32 Å². The monoisotopic (exact) mass is 173 g/mol. The maximum atomic E-state index is 5.02. The molecule has 0 fully saturated rings. The Labute approximate surface area is 76.7 Å². The molecule has 0 aromatic rings. The van der Waals surface area contributed by atoms with Crippen molar-refractivity contribution in [3.05, 3.63) is 0 Å². The van der Waals surface area contributed by atoms with Crippen LogP contribution in [0.2, 0.25) is 0 Å². The first kappa shape index (κ1) is 11.9. The van der Waals surface area contributed by atoms with Crippen molar-refractivity contribution >= 4 is 0 Å². The highest BCUT2D eigenvalue weighted by Gasteiger charge is 2.12. The minimum atomic E-state index is 0.658. The van der Waals surface area contributed by atoms with Crippen molar-refractivity contribution in [3.8, 4) is 0 Å². The van der Waals surface area contributed by atoms with Gasteiger partial charge in [-0.3, -0.25) is 0 Å². The largest absolute Gasteiger partial charge is 0.385 e. The van der Waals surface area contributed by atoms with Crippen LogP contribution in [0.1, 0.15) is 33.1 Å². The molecule has 0 amide bonds. The Hall–Kier alpha value is -0.0800. The van der Waals surface area contributed by atoms with E-state index in [2.05, 4.69) is 19.2 Å². The van der Waals surface area contributed by atoms with Crippen LogP contribution in [0.15, 0.2) is 0 Å². The summed E-state index contributed by atoms with van der Waals surface area (Å²) < 4.78 is 5.02. The first-order chi connectivity index (χ1) is 5.76. The average molecular weight is 173 g/mol. The molecule has 74 valence electrons. The van der Waals surface area contributed by atoms with Gasteiger partial charge in [-0.1, -0.05) is 20.3 Å². The molecule has 0 aromatic heterocycles. The Balaban J connectivity index is 3.52. The summed E-state index contributed by atoms with van der Waals surface area (Å²) in [4.78, 5) is 0. The standard InChI is InChI=1S/C10H23NO/c1-5-9(2)10(11-3)7-6-8-12-4/h9-11H,5-8H2,1-4H3/t9?,10-/m1/s1. The molecule has 2 nitrogen and oxygen atoms in total. The van der Waals surface area contributed by atoms with Crippen molar-refractivity contribution in [2.45, 2.75) is 39.2 Å². The van der Waals surface area contributed by atoms with Gasteiger partial charge in [0.05, 0.1) is 0 Å². The lowest BCUT2D eigenvalue weighted by molar-refractivity contribution is 0.185.